The van der Waals surface area contributed by atoms with E-state index >= 15 is 0 Å². The summed E-state index contributed by atoms with van der Waals surface area (Å²) < 4.78 is 6.36. The molecule has 3 rings (SSSR count). The van der Waals surface area contributed by atoms with E-state index in [-0.39, 0.29) is 18.1 Å². The Balaban J connectivity index is 2.01. The van der Waals surface area contributed by atoms with Crippen LogP contribution in [0, 0.1) is 11.3 Å². The van der Waals surface area contributed by atoms with Gasteiger partial charge in [0.25, 0.3) is 0 Å². The highest BCUT2D eigenvalue weighted by Gasteiger charge is 2.55. The van der Waals surface area contributed by atoms with Gasteiger partial charge in [0, 0.05) is 18.6 Å². The number of aryl methyl sites for hydroxylation is 1. The number of aliphatic hydroxyl groups excluding tert-OH is 1. The molecule has 0 spiro atoms. The van der Waals surface area contributed by atoms with Crippen molar-refractivity contribution >= 4 is 0 Å². The molecule has 2 heteroatoms. The van der Waals surface area contributed by atoms with Gasteiger partial charge >= 0.3 is 0 Å². The lowest BCUT2D eigenvalue weighted by Crippen LogP contribution is -2.56. The molecule has 2 nitrogen and oxygen atoms in total. The Bertz CT molecular complexity index is 604. The first-order valence-corrected chi connectivity index (χ1v) is 10.2. The van der Waals surface area contributed by atoms with Gasteiger partial charge in [0.1, 0.15) is 0 Å². The maximum atomic E-state index is 9.14. The van der Waals surface area contributed by atoms with Crippen LogP contribution in [-0.4, -0.2) is 24.4 Å². The van der Waals surface area contributed by atoms with E-state index < -0.39 is 0 Å². The average Bonchev–Trinajstić information content (AvgIpc) is 2.56. The Kier molecular flexibility index (Phi) is 5.33. The molecule has 1 aromatic carbocycles. The predicted molar refractivity (Wildman–Crippen MR) is 104 cm³/mol. The normalized spacial score (nSPS) is 30.8. The quantitative estimate of drug-likeness (QED) is 0.742. The van der Waals surface area contributed by atoms with Crippen molar-refractivity contribution in [2.45, 2.75) is 84.2 Å². The zero-order valence-corrected chi connectivity index (χ0v) is 16.8. The van der Waals surface area contributed by atoms with Crippen LogP contribution in [0.5, 0.6) is 0 Å². The van der Waals surface area contributed by atoms with E-state index in [9.17, 15) is 0 Å². The van der Waals surface area contributed by atoms with Gasteiger partial charge in [-0.25, -0.2) is 0 Å². The number of aliphatic hydroxyl groups is 1. The number of hydrogen-bond acceptors (Lipinski definition) is 2. The number of rotatable bonds is 5. The zero-order chi connectivity index (χ0) is 18.2. The third-order valence-corrected chi connectivity index (χ3v) is 7.09. The fourth-order valence-corrected chi connectivity index (χ4v) is 5.62. The zero-order valence-electron chi connectivity index (χ0n) is 16.8. The van der Waals surface area contributed by atoms with Crippen LogP contribution >= 0.6 is 0 Å². The molecule has 0 aromatic heterocycles. The Morgan fingerprint density at radius 1 is 1.20 bits per heavy atom. The lowest BCUT2D eigenvalue weighted by Gasteiger charge is -2.57. The monoisotopic (exact) mass is 344 g/mol. The van der Waals surface area contributed by atoms with E-state index in [0.717, 1.165) is 12.8 Å². The Hall–Kier alpha value is -0.860. The van der Waals surface area contributed by atoms with Crippen molar-refractivity contribution < 1.29 is 9.84 Å². The van der Waals surface area contributed by atoms with Crippen LogP contribution in [0.2, 0.25) is 0 Å². The second-order valence-electron chi connectivity index (χ2n) is 9.41. The summed E-state index contributed by atoms with van der Waals surface area (Å²) in [5.74, 6) is 1.24. The minimum Gasteiger partial charge on any atom is -0.396 e. The Morgan fingerprint density at radius 3 is 2.64 bits per heavy atom. The van der Waals surface area contributed by atoms with Gasteiger partial charge in [0.2, 0.25) is 0 Å². The maximum absolute atomic E-state index is 9.14. The van der Waals surface area contributed by atoms with E-state index in [0.29, 0.717) is 23.9 Å². The first-order valence-electron chi connectivity index (χ1n) is 10.2. The summed E-state index contributed by atoms with van der Waals surface area (Å²) in [7, 11) is 0. The lowest BCUT2D eigenvalue weighted by molar-refractivity contribution is -0.0971. The number of hydrogen-bond donors (Lipinski definition) is 1. The van der Waals surface area contributed by atoms with Crippen molar-refractivity contribution in [2.75, 3.05) is 13.2 Å². The molecule has 0 saturated heterocycles. The Morgan fingerprint density at radius 2 is 1.96 bits per heavy atom. The molecule has 3 atom stereocenters. The number of ether oxygens (including phenoxy) is 1. The molecular weight excluding hydrogens is 308 g/mol. The van der Waals surface area contributed by atoms with E-state index in [2.05, 4.69) is 52.8 Å². The molecule has 2 unspecified atom stereocenters. The third kappa shape index (κ3) is 3.28. The molecule has 1 saturated carbocycles. The summed E-state index contributed by atoms with van der Waals surface area (Å²) in [5.41, 5.74) is 4.96. The molecule has 0 heterocycles. The summed E-state index contributed by atoms with van der Waals surface area (Å²) in [6.45, 7) is 12.8. The fourth-order valence-electron chi connectivity index (χ4n) is 5.62. The summed E-state index contributed by atoms with van der Waals surface area (Å²) in [4.78, 5) is 0. The van der Waals surface area contributed by atoms with Crippen LogP contribution < -0.4 is 0 Å². The summed E-state index contributed by atoms with van der Waals surface area (Å²) in [5, 5.41) is 9.14. The van der Waals surface area contributed by atoms with E-state index in [1.807, 2.05) is 0 Å². The van der Waals surface area contributed by atoms with Crippen LogP contribution in [0.15, 0.2) is 18.2 Å². The second kappa shape index (κ2) is 7.04. The highest BCUT2D eigenvalue weighted by Crippen LogP contribution is 2.58. The minimum atomic E-state index is 0.0836. The summed E-state index contributed by atoms with van der Waals surface area (Å²) >= 11 is 0. The standard InChI is InChI=1S/C23H36O2/c1-16(2)17-7-9-19-18(15-17)8-10-20-22(3,4)12-11-21(23(19,20)5)25-14-6-13-24/h7,9,15-16,20-21,24H,6,8,10-14H2,1-5H3/t20?,21?,23-/m1/s1. The molecule has 1 N–H and O–H groups in total. The third-order valence-electron chi connectivity index (χ3n) is 7.09. The minimum absolute atomic E-state index is 0.0836. The molecule has 0 amide bonds. The molecule has 25 heavy (non-hydrogen) atoms. The molecule has 0 bridgehead atoms. The van der Waals surface area contributed by atoms with Gasteiger partial charge in [0.05, 0.1) is 6.10 Å². The first-order chi connectivity index (χ1) is 11.8. The first kappa shape index (κ1) is 18.9. The van der Waals surface area contributed by atoms with E-state index in [1.54, 1.807) is 5.56 Å². The topological polar surface area (TPSA) is 29.5 Å². The number of fused-ring (bicyclic) bond motifs is 3. The van der Waals surface area contributed by atoms with Crippen molar-refractivity contribution in [1.82, 2.24) is 0 Å². The van der Waals surface area contributed by atoms with E-state index in [1.165, 1.54) is 30.4 Å². The highest BCUT2D eigenvalue weighted by atomic mass is 16.5. The van der Waals surface area contributed by atoms with Crippen LogP contribution in [0.25, 0.3) is 0 Å². The van der Waals surface area contributed by atoms with Crippen molar-refractivity contribution in [3.8, 4) is 0 Å². The second-order valence-corrected chi connectivity index (χ2v) is 9.41. The van der Waals surface area contributed by atoms with Crippen molar-refractivity contribution in [3.05, 3.63) is 34.9 Å². The van der Waals surface area contributed by atoms with Crippen molar-refractivity contribution in [3.63, 3.8) is 0 Å². The lowest BCUT2D eigenvalue weighted by atomic mass is 9.49. The maximum Gasteiger partial charge on any atom is 0.0672 e. The molecule has 140 valence electrons. The molecule has 0 radical (unpaired) electrons. The fraction of sp³-hybridized carbons (Fsp3) is 0.739. The van der Waals surface area contributed by atoms with Crippen LogP contribution in [0.4, 0.5) is 0 Å². The van der Waals surface area contributed by atoms with Crippen molar-refractivity contribution in [2.24, 2.45) is 11.3 Å². The van der Waals surface area contributed by atoms with Crippen LogP contribution in [-0.2, 0) is 16.6 Å². The van der Waals surface area contributed by atoms with E-state index in [4.69, 9.17) is 9.84 Å². The molecule has 1 fully saturated rings. The molecule has 2 aliphatic carbocycles. The SMILES string of the molecule is CC(C)c1ccc2c(c1)CCC1C(C)(C)CCC(OCCCO)[C@]21C. The van der Waals surface area contributed by atoms with Gasteiger partial charge in [-0.3, -0.25) is 0 Å². The van der Waals surface area contributed by atoms with Crippen LogP contribution in [0.3, 0.4) is 0 Å². The molecule has 1 aromatic rings. The van der Waals surface area contributed by atoms with Crippen molar-refractivity contribution in [1.29, 1.82) is 0 Å². The summed E-state index contributed by atoms with van der Waals surface area (Å²) in [6, 6.07) is 7.19. The van der Waals surface area contributed by atoms with Gasteiger partial charge in [-0.1, -0.05) is 52.8 Å². The molecule has 0 aliphatic heterocycles. The number of benzene rings is 1. The van der Waals surface area contributed by atoms with Gasteiger partial charge in [-0.2, -0.15) is 0 Å². The van der Waals surface area contributed by atoms with Crippen LogP contribution in [0.1, 0.15) is 82.9 Å². The molecule has 2 aliphatic rings. The van der Waals surface area contributed by atoms with Gasteiger partial charge in [0.15, 0.2) is 0 Å². The van der Waals surface area contributed by atoms with Gasteiger partial charge in [-0.15, -0.1) is 0 Å². The summed E-state index contributed by atoms with van der Waals surface area (Å²) in [6.07, 6.45) is 5.81. The smallest absolute Gasteiger partial charge is 0.0672 e. The average molecular weight is 345 g/mol. The van der Waals surface area contributed by atoms with Gasteiger partial charge < -0.3 is 9.84 Å². The molecular formula is C23H36O2. The van der Waals surface area contributed by atoms with Gasteiger partial charge in [-0.05, 0) is 66.0 Å². The highest BCUT2D eigenvalue weighted by molar-refractivity contribution is 5.43. The largest absolute Gasteiger partial charge is 0.396 e. The predicted octanol–water partition coefficient (Wildman–Crippen LogP) is 5.22. The Labute approximate surface area is 154 Å².